The third-order valence-corrected chi connectivity index (χ3v) is 3.59. The lowest BCUT2D eigenvalue weighted by Crippen LogP contribution is -2.17. The van der Waals surface area contributed by atoms with Gasteiger partial charge in [-0.1, -0.05) is 30.3 Å². The highest BCUT2D eigenvalue weighted by Gasteiger charge is 2.16. The lowest BCUT2D eigenvalue weighted by molar-refractivity contribution is 0.101. The van der Waals surface area contributed by atoms with Crippen molar-refractivity contribution < 1.29 is 4.74 Å². The van der Waals surface area contributed by atoms with Crippen LogP contribution in [0.2, 0.25) is 0 Å². The van der Waals surface area contributed by atoms with Gasteiger partial charge in [-0.15, -0.1) is 0 Å². The van der Waals surface area contributed by atoms with E-state index in [-0.39, 0.29) is 0 Å². The van der Waals surface area contributed by atoms with Crippen LogP contribution in [-0.2, 0) is 4.74 Å². The molecule has 2 heteroatoms. The Kier molecular flexibility index (Phi) is 5.02. The Hall–Kier alpha value is -0.860. The van der Waals surface area contributed by atoms with Gasteiger partial charge in [-0.2, -0.15) is 0 Å². The summed E-state index contributed by atoms with van der Waals surface area (Å²) < 4.78 is 5.65. The number of rotatable bonds is 6. The lowest BCUT2D eigenvalue weighted by Gasteiger charge is -2.17. The molecule has 0 saturated carbocycles. The summed E-state index contributed by atoms with van der Waals surface area (Å²) in [4.78, 5) is 0. The van der Waals surface area contributed by atoms with Crippen molar-refractivity contribution in [2.24, 2.45) is 0 Å². The Labute approximate surface area is 104 Å². The van der Waals surface area contributed by atoms with Crippen LogP contribution in [0.15, 0.2) is 30.3 Å². The van der Waals surface area contributed by atoms with E-state index in [0.29, 0.717) is 12.1 Å². The Morgan fingerprint density at radius 3 is 2.82 bits per heavy atom. The average molecular weight is 233 g/mol. The molecular formula is C15H23NO. The van der Waals surface area contributed by atoms with E-state index in [1.54, 1.807) is 0 Å². The molecule has 17 heavy (non-hydrogen) atoms. The minimum atomic E-state index is 0.484. The van der Waals surface area contributed by atoms with Crippen LogP contribution in [0.4, 0.5) is 0 Å². The van der Waals surface area contributed by atoms with Crippen molar-refractivity contribution in [1.82, 2.24) is 5.32 Å². The highest BCUT2D eigenvalue weighted by Crippen LogP contribution is 2.22. The first kappa shape index (κ1) is 12.6. The first-order chi connectivity index (χ1) is 8.40. The average Bonchev–Trinajstić information content (AvgIpc) is 2.89. The van der Waals surface area contributed by atoms with Gasteiger partial charge < -0.3 is 10.1 Å². The standard InChI is InChI=1S/C15H23NO/c1-16-15(13-7-3-2-4-8-13)11-5-9-14-10-6-12-17-14/h2-4,7-8,14-16H,5-6,9-12H2,1H3. The molecule has 0 aromatic heterocycles. The topological polar surface area (TPSA) is 21.3 Å². The van der Waals surface area contributed by atoms with Gasteiger partial charge in [-0.05, 0) is 44.7 Å². The number of ether oxygens (including phenoxy) is 1. The number of hydrogen-bond donors (Lipinski definition) is 1. The van der Waals surface area contributed by atoms with Gasteiger partial charge in [-0.3, -0.25) is 0 Å². The predicted octanol–water partition coefficient (Wildman–Crippen LogP) is 3.30. The first-order valence-corrected chi connectivity index (χ1v) is 6.74. The van der Waals surface area contributed by atoms with Crippen molar-refractivity contribution >= 4 is 0 Å². The van der Waals surface area contributed by atoms with Crippen molar-refractivity contribution in [3.8, 4) is 0 Å². The highest BCUT2D eigenvalue weighted by atomic mass is 16.5. The molecule has 1 saturated heterocycles. The normalized spacial score (nSPS) is 21.6. The van der Waals surface area contributed by atoms with Crippen LogP contribution in [0, 0.1) is 0 Å². The monoisotopic (exact) mass is 233 g/mol. The largest absolute Gasteiger partial charge is 0.378 e. The molecular weight excluding hydrogens is 210 g/mol. The Morgan fingerprint density at radius 2 is 2.18 bits per heavy atom. The highest BCUT2D eigenvalue weighted by molar-refractivity contribution is 5.18. The van der Waals surface area contributed by atoms with Crippen molar-refractivity contribution in [3.05, 3.63) is 35.9 Å². The van der Waals surface area contributed by atoms with Crippen molar-refractivity contribution in [1.29, 1.82) is 0 Å². The number of hydrogen-bond acceptors (Lipinski definition) is 2. The molecule has 2 rings (SSSR count). The molecule has 2 atom stereocenters. The molecule has 0 spiro atoms. The van der Waals surface area contributed by atoms with Gasteiger partial charge in [-0.25, -0.2) is 0 Å². The zero-order chi connectivity index (χ0) is 11.9. The number of benzene rings is 1. The molecule has 1 aromatic rings. The third kappa shape index (κ3) is 3.83. The zero-order valence-electron chi connectivity index (χ0n) is 10.7. The van der Waals surface area contributed by atoms with Crippen LogP contribution >= 0.6 is 0 Å². The SMILES string of the molecule is CNC(CCCC1CCCO1)c1ccccc1. The molecule has 94 valence electrons. The number of nitrogens with one attached hydrogen (secondary N) is 1. The van der Waals surface area contributed by atoms with E-state index in [0.717, 1.165) is 6.61 Å². The summed E-state index contributed by atoms with van der Waals surface area (Å²) in [6, 6.07) is 11.2. The fourth-order valence-corrected chi connectivity index (χ4v) is 2.58. The summed E-state index contributed by atoms with van der Waals surface area (Å²) in [6.07, 6.45) is 6.69. The van der Waals surface area contributed by atoms with E-state index in [4.69, 9.17) is 4.74 Å². The lowest BCUT2D eigenvalue weighted by atomic mass is 9.99. The summed E-state index contributed by atoms with van der Waals surface area (Å²) in [5, 5.41) is 3.40. The van der Waals surface area contributed by atoms with Crippen LogP contribution in [0.3, 0.4) is 0 Å². The second-order valence-corrected chi connectivity index (χ2v) is 4.82. The maximum Gasteiger partial charge on any atom is 0.0576 e. The van der Waals surface area contributed by atoms with Gasteiger partial charge in [0.25, 0.3) is 0 Å². The minimum Gasteiger partial charge on any atom is -0.378 e. The van der Waals surface area contributed by atoms with E-state index in [9.17, 15) is 0 Å². The molecule has 1 N–H and O–H groups in total. The maximum absolute atomic E-state index is 5.65. The van der Waals surface area contributed by atoms with E-state index in [2.05, 4.69) is 35.6 Å². The maximum atomic E-state index is 5.65. The molecule has 2 unspecified atom stereocenters. The molecule has 1 aliphatic heterocycles. The second-order valence-electron chi connectivity index (χ2n) is 4.82. The van der Waals surface area contributed by atoms with Gasteiger partial charge >= 0.3 is 0 Å². The Balaban J connectivity index is 1.75. The molecule has 2 nitrogen and oxygen atoms in total. The van der Waals surface area contributed by atoms with Crippen LogP contribution in [0.1, 0.15) is 43.7 Å². The third-order valence-electron chi connectivity index (χ3n) is 3.59. The molecule has 0 amide bonds. The molecule has 0 radical (unpaired) electrons. The van der Waals surface area contributed by atoms with Gasteiger partial charge in [0.1, 0.15) is 0 Å². The summed E-state index contributed by atoms with van der Waals surface area (Å²) >= 11 is 0. The van der Waals surface area contributed by atoms with Crippen molar-refractivity contribution in [3.63, 3.8) is 0 Å². The second kappa shape index (κ2) is 6.77. The van der Waals surface area contributed by atoms with Crippen molar-refractivity contribution in [2.45, 2.75) is 44.2 Å². The fraction of sp³-hybridized carbons (Fsp3) is 0.600. The molecule has 0 aliphatic carbocycles. The summed E-state index contributed by atoms with van der Waals surface area (Å²) in [5.41, 5.74) is 1.39. The zero-order valence-corrected chi connectivity index (χ0v) is 10.7. The first-order valence-electron chi connectivity index (χ1n) is 6.74. The minimum absolute atomic E-state index is 0.484. The molecule has 1 aliphatic rings. The summed E-state index contributed by atoms with van der Waals surface area (Å²) in [6.45, 7) is 0.971. The van der Waals surface area contributed by atoms with Crippen molar-refractivity contribution in [2.75, 3.05) is 13.7 Å². The van der Waals surface area contributed by atoms with Crippen LogP contribution < -0.4 is 5.32 Å². The van der Waals surface area contributed by atoms with E-state index >= 15 is 0 Å². The Morgan fingerprint density at radius 1 is 1.35 bits per heavy atom. The van der Waals surface area contributed by atoms with Gasteiger partial charge in [0.05, 0.1) is 6.10 Å². The predicted molar refractivity (Wildman–Crippen MR) is 71.1 cm³/mol. The fourth-order valence-electron chi connectivity index (χ4n) is 2.58. The molecule has 0 bridgehead atoms. The van der Waals surface area contributed by atoms with Gasteiger partial charge in [0, 0.05) is 12.6 Å². The molecule has 1 aromatic carbocycles. The van der Waals surface area contributed by atoms with Crippen LogP contribution in [0.5, 0.6) is 0 Å². The van der Waals surface area contributed by atoms with Gasteiger partial charge in [0.2, 0.25) is 0 Å². The van der Waals surface area contributed by atoms with Crippen LogP contribution in [-0.4, -0.2) is 19.8 Å². The van der Waals surface area contributed by atoms with E-state index < -0.39 is 0 Å². The molecule has 1 fully saturated rings. The van der Waals surface area contributed by atoms with E-state index in [1.807, 2.05) is 7.05 Å². The Bertz CT molecular complexity index is 306. The van der Waals surface area contributed by atoms with Gasteiger partial charge in [0.15, 0.2) is 0 Å². The summed E-state index contributed by atoms with van der Waals surface area (Å²) in [5.74, 6) is 0. The van der Waals surface area contributed by atoms with E-state index in [1.165, 1.54) is 37.7 Å². The molecule has 1 heterocycles. The summed E-state index contributed by atoms with van der Waals surface area (Å²) in [7, 11) is 2.05. The smallest absolute Gasteiger partial charge is 0.0576 e. The quantitative estimate of drug-likeness (QED) is 0.814. The van der Waals surface area contributed by atoms with Crippen LogP contribution in [0.25, 0.3) is 0 Å².